The van der Waals surface area contributed by atoms with Crippen LogP contribution in [-0.2, 0) is 10.8 Å². The van der Waals surface area contributed by atoms with Crippen molar-refractivity contribution in [1.82, 2.24) is 9.55 Å². The van der Waals surface area contributed by atoms with E-state index in [1.807, 2.05) is 16.7 Å². The van der Waals surface area contributed by atoms with Crippen molar-refractivity contribution in [2.75, 3.05) is 0 Å². The van der Waals surface area contributed by atoms with Gasteiger partial charge in [0.1, 0.15) is 12.1 Å². The second kappa shape index (κ2) is 5.88. The molecule has 0 aliphatic heterocycles. The number of nitrogens with zero attached hydrogens (tertiary/aromatic N) is 3. The summed E-state index contributed by atoms with van der Waals surface area (Å²) >= 11 is 0. The number of hydrogen-bond acceptors (Lipinski definition) is 3. The number of nitriles is 1. The Morgan fingerprint density at radius 1 is 1.00 bits per heavy atom. The van der Waals surface area contributed by atoms with Crippen LogP contribution in [0.1, 0.15) is 58.2 Å². The van der Waals surface area contributed by atoms with Crippen LogP contribution in [0.4, 0.5) is 0 Å². The molecule has 0 bridgehead atoms. The van der Waals surface area contributed by atoms with Gasteiger partial charge in [-0.05, 0) is 40.7 Å². The van der Waals surface area contributed by atoms with E-state index >= 15 is 0 Å². The quantitative estimate of drug-likeness (QED) is 0.658. The third kappa shape index (κ3) is 3.06. The Kier molecular flexibility index (Phi) is 4.07. The fourth-order valence-corrected chi connectivity index (χ4v) is 3.08. The summed E-state index contributed by atoms with van der Waals surface area (Å²) in [4.78, 5) is 4.43. The minimum absolute atomic E-state index is 0.0488. The molecule has 0 radical (unpaired) electrons. The van der Waals surface area contributed by atoms with E-state index in [2.05, 4.69) is 58.7 Å². The third-order valence-electron chi connectivity index (χ3n) is 4.70. The van der Waals surface area contributed by atoms with Crippen LogP contribution in [0.25, 0.3) is 16.7 Å². The normalized spacial score (nSPS) is 12.3. The smallest absolute Gasteiger partial charge is 0.143 e. The number of fused-ring (bicyclic) bond motifs is 1. The Hall–Kier alpha value is -2.80. The molecule has 4 nitrogen and oxygen atoms in total. The van der Waals surface area contributed by atoms with Crippen LogP contribution >= 0.6 is 0 Å². The molecule has 0 saturated carbocycles. The van der Waals surface area contributed by atoms with E-state index < -0.39 is 0 Å². The summed E-state index contributed by atoms with van der Waals surface area (Å²) in [6.07, 6.45) is 1.71. The molecule has 4 heteroatoms. The minimum Gasteiger partial charge on any atom is -0.505 e. The Balaban J connectivity index is 2.33. The average Bonchev–Trinajstić information content (AvgIpc) is 2.95. The zero-order chi connectivity index (χ0) is 19.3. The largest absolute Gasteiger partial charge is 0.505 e. The summed E-state index contributed by atoms with van der Waals surface area (Å²) in [5.41, 5.74) is 4.73. The molecular weight excluding hydrogens is 322 g/mol. The van der Waals surface area contributed by atoms with Crippen LogP contribution < -0.4 is 0 Å². The predicted molar refractivity (Wildman–Crippen MR) is 105 cm³/mol. The van der Waals surface area contributed by atoms with Crippen molar-refractivity contribution in [3.05, 3.63) is 53.3 Å². The van der Waals surface area contributed by atoms with E-state index in [1.54, 1.807) is 18.5 Å². The average molecular weight is 347 g/mol. The molecule has 0 unspecified atom stereocenters. The number of aromatic hydroxyl groups is 1. The lowest BCUT2D eigenvalue weighted by molar-refractivity contribution is 0.442. The lowest BCUT2D eigenvalue weighted by Gasteiger charge is -2.27. The van der Waals surface area contributed by atoms with Crippen molar-refractivity contribution in [1.29, 1.82) is 5.26 Å². The van der Waals surface area contributed by atoms with Gasteiger partial charge in [-0.25, -0.2) is 4.98 Å². The van der Waals surface area contributed by atoms with Crippen molar-refractivity contribution >= 4 is 11.0 Å². The molecule has 0 amide bonds. The Labute approximate surface area is 154 Å². The molecule has 134 valence electrons. The Morgan fingerprint density at radius 3 is 2.27 bits per heavy atom. The van der Waals surface area contributed by atoms with Gasteiger partial charge in [0.25, 0.3) is 0 Å². The van der Waals surface area contributed by atoms with Gasteiger partial charge >= 0.3 is 0 Å². The highest BCUT2D eigenvalue weighted by molar-refractivity contribution is 5.80. The van der Waals surface area contributed by atoms with Crippen LogP contribution in [0.3, 0.4) is 0 Å². The van der Waals surface area contributed by atoms with E-state index in [-0.39, 0.29) is 16.6 Å². The van der Waals surface area contributed by atoms with Crippen molar-refractivity contribution < 1.29 is 5.11 Å². The summed E-state index contributed by atoms with van der Waals surface area (Å²) in [6.45, 7) is 12.8. The van der Waals surface area contributed by atoms with E-state index in [4.69, 9.17) is 5.26 Å². The van der Waals surface area contributed by atoms with Gasteiger partial charge in [0.15, 0.2) is 0 Å². The third-order valence-corrected chi connectivity index (χ3v) is 4.70. The number of imidazole rings is 1. The lowest BCUT2D eigenvalue weighted by atomic mass is 9.79. The summed E-state index contributed by atoms with van der Waals surface area (Å²) < 4.78 is 1.90. The Morgan fingerprint density at radius 2 is 1.69 bits per heavy atom. The first-order valence-electron chi connectivity index (χ1n) is 8.78. The standard InChI is InChI=1S/C22H25N3O/c1-21(2,3)15-10-16(22(4,5)6)20(26)19(11-15)25-13-24-17-9-14(12-23)7-8-18(17)25/h7-11,13,26H,1-6H3. The van der Waals surface area contributed by atoms with Crippen LogP contribution in [0.15, 0.2) is 36.7 Å². The molecule has 0 aliphatic carbocycles. The van der Waals surface area contributed by atoms with Gasteiger partial charge in [0.2, 0.25) is 0 Å². The van der Waals surface area contributed by atoms with E-state index in [9.17, 15) is 5.11 Å². The monoisotopic (exact) mass is 347 g/mol. The molecule has 1 heterocycles. The molecule has 3 aromatic rings. The van der Waals surface area contributed by atoms with Crippen LogP contribution in [0.2, 0.25) is 0 Å². The number of phenols is 1. The van der Waals surface area contributed by atoms with Crippen LogP contribution in [0, 0.1) is 11.3 Å². The highest BCUT2D eigenvalue weighted by atomic mass is 16.3. The van der Waals surface area contributed by atoms with Gasteiger partial charge in [-0.15, -0.1) is 0 Å². The van der Waals surface area contributed by atoms with Gasteiger partial charge < -0.3 is 5.11 Å². The molecule has 0 atom stereocenters. The first-order chi connectivity index (χ1) is 12.0. The van der Waals surface area contributed by atoms with Crippen LogP contribution in [0.5, 0.6) is 5.75 Å². The second-order valence-corrected chi connectivity index (χ2v) is 8.82. The fourth-order valence-electron chi connectivity index (χ4n) is 3.08. The topological polar surface area (TPSA) is 61.8 Å². The summed E-state index contributed by atoms with van der Waals surface area (Å²) in [6, 6.07) is 11.7. The molecule has 0 spiro atoms. The van der Waals surface area contributed by atoms with E-state index in [0.29, 0.717) is 5.56 Å². The summed E-state index contributed by atoms with van der Waals surface area (Å²) in [5.74, 6) is 0.272. The van der Waals surface area contributed by atoms with Crippen molar-refractivity contribution in [3.8, 4) is 17.5 Å². The summed E-state index contributed by atoms with van der Waals surface area (Å²) in [7, 11) is 0. The van der Waals surface area contributed by atoms with Gasteiger partial charge in [-0.1, -0.05) is 47.6 Å². The van der Waals surface area contributed by atoms with Gasteiger partial charge in [-0.2, -0.15) is 5.26 Å². The molecule has 2 aromatic carbocycles. The number of rotatable bonds is 1. The maximum Gasteiger partial charge on any atom is 0.143 e. The highest BCUT2D eigenvalue weighted by Gasteiger charge is 2.26. The van der Waals surface area contributed by atoms with Crippen molar-refractivity contribution in [2.45, 2.75) is 52.4 Å². The molecule has 1 aromatic heterocycles. The zero-order valence-corrected chi connectivity index (χ0v) is 16.3. The summed E-state index contributed by atoms with van der Waals surface area (Å²) in [5, 5.41) is 20.1. The number of phenolic OH excluding ortho intramolecular Hbond substituents is 1. The fraction of sp³-hybridized carbons (Fsp3) is 0.364. The number of aromatic nitrogens is 2. The lowest BCUT2D eigenvalue weighted by Crippen LogP contribution is -2.17. The van der Waals surface area contributed by atoms with E-state index in [1.165, 1.54) is 0 Å². The Bertz CT molecular complexity index is 1020. The van der Waals surface area contributed by atoms with Gasteiger partial charge in [0.05, 0.1) is 28.4 Å². The first-order valence-corrected chi connectivity index (χ1v) is 8.78. The molecular formula is C22H25N3O. The number of hydrogen-bond donors (Lipinski definition) is 1. The molecule has 0 aliphatic rings. The van der Waals surface area contributed by atoms with Crippen molar-refractivity contribution in [3.63, 3.8) is 0 Å². The molecule has 0 fully saturated rings. The van der Waals surface area contributed by atoms with Gasteiger partial charge in [0, 0.05) is 5.56 Å². The maximum atomic E-state index is 11.0. The van der Waals surface area contributed by atoms with Crippen molar-refractivity contribution in [2.24, 2.45) is 0 Å². The molecule has 3 rings (SSSR count). The minimum atomic E-state index is -0.190. The number of benzene rings is 2. The highest BCUT2D eigenvalue weighted by Crippen LogP contribution is 2.40. The molecule has 0 saturated heterocycles. The van der Waals surface area contributed by atoms with E-state index in [0.717, 1.165) is 27.8 Å². The molecule has 26 heavy (non-hydrogen) atoms. The first kappa shape index (κ1) is 18.0. The second-order valence-electron chi connectivity index (χ2n) is 8.82. The van der Waals surface area contributed by atoms with Gasteiger partial charge in [-0.3, -0.25) is 4.57 Å². The molecule has 1 N–H and O–H groups in total. The van der Waals surface area contributed by atoms with Crippen LogP contribution in [-0.4, -0.2) is 14.7 Å². The SMILES string of the molecule is CC(C)(C)c1cc(-n2cnc3cc(C#N)ccc32)c(O)c(C(C)(C)C)c1. The zero-order valence-electron chi connectivity index (χ0n) is 16.3. The predicted octanol–water partition coefficient (Wildman–Crippen LogP) is 5.20. The maximum absolute atomic E-state index is 11.0.